The van der Waals surface area contributed by atoms with Gasteiger partial charge in [0, 0.05) is 12.0 Å². The van der Waals surface area contributed by atoms with Crippen LogP contribution in [-0.4, -0.2) is 23.4 Å². The molecule has 0 radical (unpaired) electrons. The highest BCUT2D eigenvalue weighted by Crippen LogP contribution is 2.44. The van der Waals surface area contributed by atoms with Gasteiger partial charge in [-0.1, -0.05) is 27.7 Å². The monoisotopic (exact) mass is 274 g/mol. The molecule has 1 aromatic rings. The molecule has 1 fully saturated rings. The molecule has 2 heterocycles. The Morgan fingerprint density at radius 2 is 1.60 bits per heavy atom. The standard InChI is InChI=1S/C17H26N2O/c1-11(2)15-13-5-6-17(7-8-20-10-17)9-14(13)16(12(3)4)19-18-15/h11-12H,5-10H2,1-4H3. The first-order valence-electron chi connectivity index (χ1n) is 7.98. The Morgan fingerprint density at radius 3 is 2.15 bits per heavy atom. The van der Waals surface area contributed by atoms with Crippen LogP contribution < -0.4 is 0 Å². The average molecular weight is 274 g/mol. The van der Waals surface area contributed by atoms with E-state index < -0.39 is 0 Å². The molecule has 0 N–H and O–H groups in total. The molecular formula is C17H26N2O. The molecular weight excluding hydrogens is 248 g/mol. The van der Waals surface area contributed by atoms with Gasteiger partial charge in [0.15, 0.2) is 0 Å². The number of hydrogen-bond acceptors (Lipinski definition) is 3. The van der Waals surface area contributed by atoms with E-state index in [1.54, 1.807) is 0 Å². The molecule has 3 heteroatoms. The lowest BCUT2D eigenvalue weighted by atomic mass is 9.69. The molecule has 0 bridgehead atoms. The molecule has 1 spiro atoms. The number of ether oxygens (including phenoxy) is 1. The summed E-state index contributed by atoms with van der Waals surface area (Å²) in [4.78, 5) is 0. The Morgan fingerprint density at radius 1 is 0.950 bits per heavy atom. The van der Waals surface area contributed by atoms with E-state index in [0.717, 1.165) is 26.1 Å². The van der Waals surface area contributed by atoms with Gasteiger partial charge in [0.25, 0.3) is 0 Å². The van der Waals surface area contributed by atoms with Crippen molar-refractivity contribution in [3.8, 4) is 0 Å². The molecule has 1 aromatic heterocycles. The normalized spacial score (nSPS) is 25.7. The molecule has 0 aromatic carbocycles. The minimum atomic E-state index is 0.383. The minimum absolute atomic E-state index is 0.383. The van der Waals surface area contributed by atoms with Gasteiger partial charge in [0.05, 0.1) is 18.0 Å². The second kappa shape index (κ2) is 5.10. The van der Waals surface area contributed by atoms with Crippen molar-refractivity contribution in [2.75, 3.05) is 13.2 Å². The van der Waals surface area contributed by atoms with E-state index in [-0.39, 0.29) is 0 Å². The summed E-state index contributed by atoms with van der Waals surface area (Å²) >= 11 is 0. The zero-order valence-electron chi connectivity index (χ0n) is 13.2. The lowest BCUT2D eigenvalue weighted by Crippen LogP contribution is -2.32. The van der Waals surface area contributed by atoms with Crippen molar-refractivity contribution in [3.05, 3.63) is 22.5 Å². The van der Waals surface area contributed by atoms with Crippen LogP contribution in [0.1, 0.15) is 74.9 Å². The molecule has 1 atom stereocenters. The second-order valence-corrected chi connectivity index (χ2v) is 7.22. The molecule has 1 aliphatic carbocycles. The maximum Gasteiger partial charge on any atom is 0.0691 e. The summed E-state index contributed by atoms with van der Waals surface area (Å²) in [7, 11) is 0. The van der Waals surface area contributed by atoms with E-state index in [0.29, 0.717) is 17.3 Å². The molecule has 0 amide bonds. The van der Waals surface area contributed by atoms with E-state index in [1.165, 1.54) is 35.4 Å². The minimum Gasteiger partial charge on any atom is -0.381 e. The molecule has 3 rings (SSSR count). The fourth-order valence-electron chi connectivity index (χ4n) is 3.78. The van der Waals surface area contributed by atoms with Crippen LogP contribution in [0.15, 0.2) is 0 Å². The predicted octanol–water partition coefficient (Wildman–Crippen LogP) is 3.62. The van der Waals surface area contributed by atoms with Crippen LogP contribution in [0.25, 0.3) is 0 Å². The van der Waals surface area contributed by atoms with Gasteiger partial charge in [-0.05, 0) is 48.6 Å². The van der Waals surface area contributed by atoms with Crippen LogP contribution in [0, 0.1) is 5.41 Å². The van der Waals surface area contributed by atoms with E-state index >= 15 is 0 Å². The van der Waals surface area contributed by atoms with Crippen LogP contribution in [0.2, 0.25) is 0 Å². The number of hydrogen-bond donors (Lipinski definition) is 0. The van der Waals surface area contributed by atoms with Crippen molar-refractivity contribution >= 4 is 0 Å². The SMILES string of the molecule is CC(C)c1nnc(C(C)C)c2c1CCC1(CCOC1)C2. The topological polar surface area (TPSA) is 35.0 Å². The summed E-state index contributed by atoms with van der Waals surface area (Å²) in [6, 6.07) is 0. The van der Waals surface area contributed by atoms with Gasteiger partial charge in [0.2, 0.25) is 0 Å². The van der Waals surface area contributed by atoms with E-state index in [4.69, 9.17) is 4.74 Å². The van der Waals surface area contributed by atoms with Gasteiger partial charge < -0.3 is 4.74 Å². The van der Waals surface area contributed by atoms with Gasteiger partial charge in [-0.25, -0.2) is 0 Å². The van der Waals surface area contributed by atoms with Crippen LogP contribution in [-0.2, 0) is 17.6 Å². The molecule has 1 saturated heterocycles. The predicted molar refractivity (Wildman–Crippen MR) is 80.1 cm³/mol. The molecule has 20 heavy (non-hydrogen) atoms. The molecule has 110 valence electrons. The first kappa shape index (κ1) is 14.0. The Balaban J connectivity index is 2.07. The fraction of sp³-hybridized carbons (Fsp3) is 0.765. The summed E-state index contributed by atoms with van der Waals surface area (Å²) in [5.74, 6) is 0.918. The van der Waals surface area contributed by atoms with Crippen molar-refractivity contribution in [3.63, 3.8) is 0 Å². The highest BCUT2D eigenvalue weighted by atomic mass is 16.5. The molecule has 0 saturated carbocycles. The fourth-order valence-corrected chi connectivity index (χ4v) is 3.78. The number of aromatic nitrogens is 2. The zero-order valence-corrected chi connectivity index (χ0v) is 13.2. The summed E-state index contributed by atoms with van der Waals surface area (Å²) in [6.07, 6.45) is 4.76. The highest BCUT2D eigenvalue weighted by molar-refractivity contribution is 5.39. The van der Waals surface area contributed by atoms with Crippen LogP contribution in [0.3, 0.4) is 0 Å². The van der Waals surface area contributed by atoms with Gasteiger partial charge >= 0.3 is 0 Å². The van der Waals surface area contributed by atoms with Crippen LogP contribution in [0.5, 0.6) is 0 Å². The quantitative estimate of drug-likeness (QED) is 0.826. The summed E-state index contributed by atoms with van der Waals surface area (Å²) in [6.45, 7) is 10.8. The molecule has 2 aliphatic rings. The smallest absolute Gasteiger partial charge is 0.0691 e. The van der Waals surface area contributed by atoms with Crippen LogP contribution >= 0.6 is 0 Å². The number of fused-ring (bicyclic) bond motifs is 1. The van der Waals surface area contributed by atoms with Crippen molar-refractivity contribution < 1.29 is 4.74 Å². The Kier molecular flexibility index (Phi) is 3.57. The first-order valence-corrected chi connectivity index (χ1v) is 7.98. The van der Waals surface area contributed by atoms with E-state index in [1.807, 2.05) is 0 Å². The van der Waals surface area contributed by atoms with Crippen molar-refractivity contribution in [2.24, 2.45) is 5.41 Å². The Bertz CT molecular complexity index is 502. The van der Waals surface area contributed by atoms with Gasteiger partial charge in [0.1, 0.15) is 0 Å². The number of rotatable bonds is 2. The lowest BCUT2D eigenvalue weighted by Gasteiger charge is -2.35. The van der Waals surface area contributed by atoms with Crippen molar-refractivity contribution in [1.29, 1.82) is 0 Å². The molecule has 1 aliphatic heterocycles. The van der Waals surface area contributed by atoms with Gasteiger partial charge in [-0.15, -0.1) is 0 Å². The maximum absolute atomic E-state index is 5.69. The second-order valence-electron chi connectivity index (χ2n) is 7.22. The van der Waals surface area contributed by atoms with Gasteiger partial charge in [-0.3, -0.25) is 0 Å². The van der Waals surface area contributed by atoms with Crippen molar-refractivity contribution in [1.82, 2.24) is 10.2 Å². The zero-order chi connectivity index (χ0) is 14.3. The van der Waals surface area contributed by atoms with E-state index in [2.05, 4.69) is 37.9 Å². The average Bonchev–Trinajstić information content (AvgIpc) is 2.85. The van der Waals surface area contributed by atoms with Gasteiger partial charge in [-0.2, -0.15) is 10.2 Å². The van der Waals surface area contributed by atoms with E-state index in [9.17, 15) is 0 Å². The Labute approximate surface area is 122 Å². The third-order valence-electron chi connectivity index (χ3n) is 4.98. The lowest BCUT2D eigenvalue weighted by molar-refractivity contribution is 0.141. The highest BCUT2D eigenvalue weighted by Gasteiger charge is 2.40. The Hall–Kier alpha value is -0.960. The van der Waals surface area contributed by atoms with Crippen LogP contribution in [0.4, 0.5) is 0 Å². The largest absolute Gasteiger partial charge is 0.381 e. The van der Waals surface area contributed by atoms with Crippen molar-refractivity contribution in [2.45, 2.75) is 65.2 Å². The third kappa shape index (κ3) is 2.26. The first-order chi connectivity index (χ1) is 9.52. The molecule has 1 unspecified atom stereocenters. The summed E-state index contributed by atoms with van der Waals surface area (Å²) < 4.78 is 5.69. The molecule has 3 nitrogen and oxygen atoms in total. The number of nitrogens with zero attached hydrogens (tertiary/aromatic N) is 2. The maximum atomic E-state index is 5.69. The summed E-state index contributed by atoms with van der Waals surface area (Å²) in [5.41, 5.74) is 5.81. The summed E-state index contributed by atoms with van der Waals surface area (Å²) in [5, 5.41) is 9.12. The third-order valence-corrected chi connectivity index (χ3v) is 4.98.